The Morgan fingerprint density at radius 2 is 1.65 bits per heavy atom. The number of hydrogen-bond acceptors (Lipinski definition) is 1. The molecule has 0 amide bonds. The molecule has 96 valence electrons. The zero-order chi connectivity index (χ0) is 11.6. The summed E-state index contributed by atoms with van der Waals surface area (Å²) < 4.78 is 0. The fraction of sp³-hybridized carbons (Fsp3) is 1.00. The Balaban J connectivity index is 1.42. The van der Waals surface area contributed by atoms with Crippen LogP contribution in [-0.4, -0.2) is 12.1 Å². The molecule has 1 heteroatoms. The third-order valence-corrected chi connectivity index (χ3v) is 6.64. The molecule has 4 saturated carbocycles. The van der Waals surface area contributed by atoms with Crippen LogP contribution in [0.3, 0.4) is 0 Å². The maximum atomic E-state index is 4.09. The number of rotatable bonds is 2. The standard InChI is InChI=1S/C16H27N/c1-16(2)8-4-3-5-12(16)17-15-13-10-6-7-11(9-10)14(13)15/h10-15,17H,3-9H2,1-2H3. The third kappa shape index (κ3) is 1.54. The SMILES string of the molecule is CC1(C)CCCCC1NC1C2C3CCC(C3)C12. The lowest BCUT2D eigenvalue weighted by molar-refractivity contribution is 0.160. The first-order chi connectivity index (χ1) is 8.17. The molecule has 2 bridgehead atoms. The van der Waals surface area contributed by atoms with Crippen LogP contribution in [0.2, 0.25) is 0 Å². The van der Waals surface area contributed by atoms with Gasteiger partial charge in [0.1, 0.15) is 0 Å². The van der Waals surface area contributed by atoms with Crippen LogP contribution in [0.4, 0.5) is 0 Å². The van der Waals surface area contributed by atoms with Crippen LogP contribution in [0.5, 0.6) is 0 Å². The van der Waals surface area contributed by atoms with E-state index in [-0.39, 0.29) is 0 Å². The topological polar surface area (TPSA) is 12.0 Å². The fourth-order valence-electron chi connectivity index (χ4n) is 5.58. The summed E-state index contributed by atoms with van der Waals surface area (Å²) in [5.74, 6) is 4.45. The van der Waals surface area contributed by atoms with Crippen molar-refractivity contribution >= 4 is 0 Å². The van der Waals surface area contributed by atoms with E-state index in [1.807, 2.05) is 0 Å². The second kappa shape index (κ2) is 3.50. The molecule has 4 fully saturated rings. The Hall–Kier alpha value is -0.0400. The molecule has 5 unspecified atom stereocenters. The maximum Gasteiger partial charge on any atom is 0.0138 e. The smallest absolute Gasteiger partial charge is 0.0138 e. The summed E-state index contributed by atoms with van der Waals surface area (Å²) in [7, 11) is 0. The molecule has 1 N–H and O–H groups in total. The van der Waals surface area contributed by atoms with E-state index < -0.39 is 0 Å². The number of hydrogen-bond donors (Lipinski definition) is 1. The van der Waals surface area contributed by atoms with Crippen LogP contribution in [0.1, 0.15) is 58.8 Å². The lowest BCUT2D eigenvalue weighted by atomic mass is 9.73. The molecule has 4 aliphatic carbocycles. The van der Waals surface area contributed by atoms with Crippen LogP contribution < -0.4 is 5.32 Å². The van der Waals surface area contributed by atoms with Crippen molar-refractivity contribution in [1.82, 2.24) is 5.32 Å². The van der Waals surface area contributed by atoms with Gasteiger partial charge in [-0.15, -0.1) is 0 Å². The first-order valence-electron chi connectivity index (χ1n) is 7.93. The second-order valence-corrected chi connectivity index (χ2v) is 7.97. The predicted molar refractivity (Wildman–Crippen MR) is 70.8 cm³/mol. The van der Waals surface area contributed by atoms with E-state index in [2.05, 4.69) is 19.2 Å². The van der Waals surface area contributed by atoms with E-state index >= 15 is 0 Å². The van der Waals surface area contributed by atoms with E-state index in [1.165, 1.54) is 25.7 Å². The van der Waals surface area contributed by atoms with Gasteiger partial charge >= 0.3 is 0 Å². The fourth-order valence-corrected chi connectivity index (χ4v) is 5.58. The van der Waals surface area contributed by atoms with E-state index in [1.54, 1.807) is 19.3 Å². The minimum atomic E-state index is 0.550. The van der Waals surface area contributed by atoms with Gasteiger partial charge in [-0.25, -0.2) is 0 Å². The van der Waals surface area contributed by atoms with Gasteiger partial charge in [-0.3, -0.25) is 0 Å². The first-order valence-corrected chi connectivity index (χ1v) is 7.93. The highest BCUT2D eigenvalue weighted by atomic mass is 15.1. The molecule has 0 heterocycles. The van der Waals surface area contributed by atoms with Crippen molar-refractivity contribution in [3.63, 3.8) is 0 Å². The Kier molecular flexibility index (Phi) is 2.23. The molecular formula is C16H27N. The van der Waals surface area contributed by atoms with Crippen LogP contribution in [0, 0.1) is 29.1 Å². The largest absolute Gasteiger partial charge is 0.310 e. The molecule has 0 aromatic carbocycles. The van der Waals surface area contributed by atoms with Crippen molar-refractivity contribution in [3.8, 4) is 0 Å². The van der Waals surface area contributed by atoms with Crippen molar-refractivity contribution in [1.29, 1.82) is 0 Å². The van der Waals surface area contributed by atoms with E-state index in [9.17, 15) is 0 Å². The predicted octanol–water partition coefficient (Wildman–Crippen LogP) is 3.59. The van der Waals surface area contributed by atoms with Gasteiger partial charge in [0, 0.05) is 12.1 Å². The van der Waals surface area contributed by atoms with Gasteiger partial charge in [-0.2, -0.15) is 0 Å². The molecule has 17 heavy (non-hydrogen) atoms. The summed E-state index contributed by atoms with van der Waals surface area (Å²) in [6.07, 6.45) is 10.5. The van der Waals surface area contributed by atoms with Gasteiger partial charge in [0.15, 0.2) is 0 Å². The van der Waals surface area contributed by atoms with Crippen LogP contribution >= 0.6 is 0 Å². The van der Waals surface area contributed by atoms with Gasteiger partial charge in [0.2, 0.25) is 0 Å². The zero-order valence-corrected chi connectivity index (χ0v) is 11.4. The molecule has 4 aliphatic rings. The third-order valence-electron chi connectivity index (χ3n) is 6.64. The second-order valence-electron chi connectivity index (χ2n) is 7.97. The Morgan fingerprint density at radius 3 is 2.29 bits per heavy atom. The molecule has 1 nitrogen and oxygen atoms in total. The van der Waals surface area contributed by atoms with Crippen LogP contribution in [0.15, 0.2) is 0 Å². The first kappa shape index (κ1) is 10.8. The monoisotopic (exact) mass is 233 g/mol. The Labute approximate surface area is 106 Å². The molecule has 0 aliphatic heterocycles. The van der Waals surface area contributed by atoms with Gasteiger partial charge in [-0.1, -0.05) is 26.7 Å². The highest BCUT2D eigenvalue weighted by Gasteiger charge is 2.65. The van der Waals surface area contributed by atoms with Crippen molar-refractivity contribution in [2.75, 3.05) is 0 Å². The quantitative estimate of drug-likeness (QED) is 0.768. The summed E-state index contributed by atoms with van der Waals surface area (Å²) in [4.78, 5) is 0. The number of fused-ring (bicyclic) bond motifs is 5. The molecule has 0 saturated heterocycles. The van der Waals surface area contributed by atoms with Gasteiger partial charge < -0.3 is 5.32 Å². The van der Waals surface area contributed by atoms with Gasteiger partial charge in [-0.05, 0) is 61.2 Å². The summed E-state index contributed by atoms with van der Waals surface area (Å²) in [6, 6.07) is 1.75. The molecule has 5 atom stereocenters. The Bertz CT molecular complexity index is 305. The molecule has 0 radical (unpaired) electrons. The average Bonchev–Trinajstić information content (AvgIpc) is 2.70. The van der Waals surface area contributed by atoms with Gasteiger partial charge in [0.25, 0.3) is 0 Å². The van der Waals surface area contributed by atoms with E-state index in [0.717, 1.165) is 35.8 Å². The lowest BCUT2D eigenvalue weighted by Gasteiger charge is -2.40. The maximum absolute atomic E-state index is 4.09. The lowest BCUT2D eigenvalue weighted by Crippen LogP contribution is -2.46. The van der Waals surface area contributed by atoms with Crippen molar-refractivity contribution in [2.45, 2.75) is 70.9 Å². The molecule has 0 aromatic heterocycles. The summed E-state index contributed by atoms with van der Waals surface area (Å²) in [5.41, 5.74) is 0.550. The molecule has 0 aromatic rings. The minimum absolute atomic E-state index is 0.550. The average molecular weight is 233 g/mol. The van der Waals surface area contributed by atoms with Crippen molar-refractivity contribution < 1.29 is 0 Å². The normalized spacial score (nSPS) is 54.7. The Morgan fingerprint density at radius 1 is 0.941 bits per heavy atom. The molecular weight excluding hydrogens is 206 g/mol. The van der Waals surface area contributed by atoms with Gasteiger partial charge in [0.05, 0.1) is 0 Å². The van der Waals surface area contributed by atoms with E-state index in [0.29, 0.717) is 5.41 Å². The zero-order valence-electron chi connectivity index (χ0n) is 11.4. The van der Waals surface area contributed by atoms with E-state index in [4.69, 9.17) is 0 Å². The number of nitrogens with one attached hydrogen (secondary N) is 1. The molecule has 0 spiro atoms. The molecule has 4 rings (SSSR count). The van der Waals surface area contributed by atoms with Crippen molar-refractivity contribution in [2.24, 2.45) is 29.1 Å². The summed E-state index contributed by atoms with van der Waals surface area (Å²) in [6.45, 7) is 4.97. The summed E-state index contributed by atoms with van der Waals surface area (Å²) >= 11 is 0. The van der Waals surface area contributed by atoms with Crippen LogP contribution in [-0.2, 0) is 0 Å². The minimum Gasteiger partial charge on any atom is -0.310 e. The van der Waals surface area contributed by atoms with Crippen LogP contribution in [0.25, 0.3) is 0 Å². The summed E-state index contributed by atoms with van der Waals surface area (Å²) in [5, 5.41) is 4.09. The highest BCUT2D eigenvalue weighted by Crippen LogP contribution is 2.66. The van der Waals surface area contributed by atoms with Crippen molar-refractivity contribution in [3.05, 3.63) is 0 Å². The highest BCUT2D eigenvalue weighted by molar-refractivity contribution is 5.17.